The monoisotopic (exact) mass is 312 g/mol. The summed E-state index contributed by atoms with van der Waals surface area (Å²) in [5.41, 5.74) is 3.97. The molecule has 2 nitrogen and oxygen atoms in total. The third kappa shape index (κ3) is 2.59. The number of hydrogen-bond donors (Lipinski definition) is 0. The van der Waals surface area contributed by atoms with Crippen LogP contribution in [0.5, 0.6) is 0 Å². The molecule has 2 aromatic rings. The van der Waals surface area contributed by atoms with Gasteiger partial charge in [0.15, 0.2) is 0 Å². The minimum Gasteiger partial charge on any atom is -0.267 e. The van der Waals surface area contributed by atoms with Gasteiger partial charge < -0.3 is 0 Å². The van der Waals surface area contributed by atoms with Crippen molar-refractivity contribution in [2.45, 2.75) is 20.4 Å². The molecule has 0 saturated carbocycles. The number of halogens is 1. The number of benzene rings is 1. The summed E-state index contributed by atoms with van der Waals surface area (Å²) in [5, 5.41) is 4.29. The molecule has 0 radical (unpaired) electrons. The molecule has 0 aliphatic carbocycles. The lowest BCUT2D eigenvalue weighted by atomic mass is 10.1. The summed E-state index contributed by atoms with van der Waals surface area (Å²) in [7, 11) is 0. The number of aromatic nitrogens is 2. The molecule has 0 N–H and O–H groups in total. The van der Waals surface area contributed by atoms with E-state index in [0.29, 0.717) is 0 Å². The molecular formula is C12H13IN2. The van der Waals surface area contributed by atoms with Crippen LogP contribution in [0, 0.1) is 17.4 Å². The van der Waals surface area contributed by atoms with E-state index < -0.39 is 0 Å². The van der Waals surface area contributed by atoms with Gasteiger partial charge in [0.05, 0.1) is 16.3 Å². The Kier molecular flexibility index (Phi) is 3.09. The number of rotatable bonds is 2. The molecule has 1 heterocycles. The molecule has 0 fully saturated rings. The summed E-state index contributed by atoms with van der Waals surface area (Å²) < 4.78 is 3.15. The highest BCUT2D eigenvalue weighted by Gasteiger charge is 2.01. The van der Waals surface area contributed by atoms with Crippen molar-refractivity contribution in [2.75, 3.05) is 0 Å². The fraction of sp³-hybridized carbons (Fsp3) is 0.250. The molecular weight excluding hydrogens is 299 g/mol. The van der Waals surface area contributed by atoms with E-state index in [4.69, 9.17) is 0 Å². The van der Waals surface area contributed by atoms with Crippen molar-refractivity contribution < 1.29 is 0 Å². The van der Waals surface area contributed by atoms with Gasteiger partial charge in [0.2, 0.25) is 0 Å². The molecule has 2 rings (SSSR count). The molecule has 0 unspecified atom stereocenters. The largest absolute Gasteiger partial charge is 0.267 e. The predicted octanol–water partition coefficient (Wildman–Crippen LogP) is 3.15. The van der Waals surface area contributed by atoms with Crippen LogP contribution in [0.3, 0.4) is 0 Å². The summed E-state index contributed by atoms with van der Waals surface area (Å²) in [4.78, 5) is 0. The summed E-state index contributed by atoms with van der Waals surface area (Å²) in [5.74, 6) is 0. The fourth-order valence-electron chi connectivity index (χ4n) is 1.57. The van der Waals surface area contributed by atoms with Crippen molar-refractivity contribution in [3.8, 4) is 0 Å². The van der Waals surface area contributed by atoms with Crippen molar-refractivity contribution in [3.05, 3.63) is 50.9 Å². The van der Waals surface area contributed by atoms with Crippen LogP contribution >= 0.6 is 22.6 Å². The van der Waals surface area contributed by atoms with Gasteiger partial charge in [0.1, 0.15) is 0 Å². The normalized spacial score (nSPS) is 10.6. The average Bonchev–Trinajstić information content (AvgIpc) is 2.58. The van der Waals surface area contributed by atoms with Gasteiger partial charge in [-0.1, -0.05) is 23.8 Å². The van der Waals surface area contributed by atoms with Crippen LogP contribution in [-0.4, -0.2) is 9.78 Å². The van der Waals surface area contributed by atoms with E-state index in [1.165, 1.54) is 20.3 Å². The van der Waals surface area contributed by atoms with Crippen molar-refractivity contribution in [1.29, 1.82) is 0 Å². The third-order valence-electron chi connectivity index (χ3n) is 2.44. The molecule has 0 aliphatic rings. The predicted molar refractivity (Wildman–Crippen MR) is 70.0 cm³/mol. The molecule has 1 aromatic heterocycles. The Hall–Kier alpha value is -0.840. The maximum absolute atomic E-state index is 4.29. The minimum absolute atomic E-state index is 0.858. The zero-order chi connectivity index (χ0) is 10.8. The minimum atomic E-state index is 0.858. The smallest absolute Gasteiger partial charge is 0.0662 e. The Morgan fingerprint density at radius 3 is 2.80 bits per heavy atom. The summed E-state index contributed by atoms with van der Waals surface area (Å²) >= 11 is 2.28. The summed E-state index contributed by atoms with van der Waals surface area (Å²) in [6, 6.07) is 6.54. The van der Waals surface area contributed by atoms with E-state index in [0.717, 1.165) is 6.54 Å². The van der Waals surface area contributed by atoms with Crippen LogP contribution < -0.4 is 0 Å². The third-order valence-corrected chi connectivity index (χ3v) is 3.00. The quantitative estimate of drug-likeness (QED) is 0.779. The highest BCUT2D eigenvalue weighted by atomic mass is 127. The van der Waals surface area contributed by atoms with Crippen LogP contribution in [0.1, 0.15) is 16.7 Å². The van der Waals surface area contributed by atoms with E-state index >= 15 is 0 Å². The lowest BCUT2D eigenvalue weighted by Gasteiger charge is -2.06. The zero-order valence-corrected chi connectivity index (χ0v) is 11.0. The van der Waals surface area contributed by atoms with Crippen LogP contribution in [-0.2, 0) is 6.54 Å². The Balaban J connectivity index is 2.27. The highest BCUT2D eigenvalue weighted by molar-refractivity contribution is 14.1. The Morgan fingerprint density at radius 2 is 2.13 bits per heavy atom. The first-order chi connectivity index (χ1) is 7.15. The molecule has 0 atom stereocenters. The SMILES string of the molecule is Cc1ccc(C)c(Cn2cc(I)cn2)c1. The van der Waals surface area contributed by atoms with Crippen LogP contribution in [0.2, 0.25) is 0 Å². The zero-order valence-electron chi connectivity index (χ0n) is 8.87. The van der Waals surface area contributed by atoms with Gasteiger partial charge >= 0.3 is 0 Å². The average molecular weight is 312 g/mol. The van der Waals surface area contributed by atoms with Crippen LogP contribution in [0.4, 0.5) is 0 Å². The van der Waals surface area contributed by atoms with Crippen molar-refractivity contribution >= 4 is 22.6 Å². The first-order valence-corrected chi connectivity index (χ1v) is 5.97. The van der Waals surface area contributed by atoms with E-state index in [1.807, 2.05) is 10.9 Å². The fourth-order valence-corrected chi connectivity index (χ4v) is 2.02. The Bertz CT molecular complexity index is 474. The molecule has 0 amide bonds. The molecule has 0 bridgehead atoms. The summed E-state index contributed by atoms with van der Waals surface area (Å²) in [6.07, 6.45) is 3.94. The van der Waals surface area contributed by atoms with E-state index in [9.17, 15) is 0 Å². The van der Waals surface area contributed by atoms with E-state index in [2.05, 4.69) is 65.9 Å². The Morgan fingerprint density at radius 1 is 1.33 bits per heavy atom. The van der Waals surface area contributed by atoms with Gasteiger partial charge in [-0.15, -0.1) is 0 Å². The van der Waals surface area contributed by atoms with Gasteiger partial charge in [0.25, 0.3) is 0 Å². The van der Waals surface area contributed by atoms with E-state index in [1.54, 1.807) is 0 Å². The maximum atomic E-state index is 4.29. The summed E-state index contributed by atoms with van der Waals surface area (Å²) in [6.45, 7) is 5.12. The van der Waals surface area contributed by atoms with Gasteiger partial charge in [-0.05, 0) is 47.6 Å². The van der Waals surface area contributed by atoms with Crippen LogP contribution in [0.25, 0.3) is 0 Å². The standard InChI is InChI=1S/C12H13IN2/c1-9-3-4-10(2)11(5-9)7-15-8-12(13)6-14-15/h3-6,8H,7H2,1-2H3. The lowest BCUT2D eigenvalue weighted by molar-refractivity contribution is 0.683. The molecule has 1 aromatic carbocycles. The van der Waals surface area contributed by atoms with Gasteiger partial charge in [0, 0.05) is 6.20 Å². The second-order valence-electron chi connectivity index (χ2n) is 3.79. The Labute approximate surface area is 103 Å². The first kappa shape index (κ1) is 10.7. The number of hydrogen-bond acceptors (Lipinski definition) is 1. The second-order valence-corrected chi connectivity index (χ2v) is 5.03. The van der Waals surface area contributed by atoms with Gasteiger partial charge in [-0.3, -0.25) is 4.68 Å². The maximum Gasteiger partial charge on any atom is 0.0662 e. The van der Waals surface area contributed by atoms with Gasteiger partial charge in [-0.2, -0.15) is 5.10 Å². The lowest BCUT2D eigenvalue weighted by Crippen LogP contribution is -2.02. The number of nitrogens with zero attached hydrogens (tertiary/aromatic N) is 2. The molecule has 0 spiro atoms. The first-order valence-electron chi connectivity index (χ1n) is 4.89. The molecule has 0 saturated heterocycles. The van der Waals surface area contributed by atoms with E-state index in [-0.39, 0.29) is 0 Å². The molecule has 3 heteroatoms. The molecule has 0 aliphatic heterocycles. The molecule has 15 heavy (non-hydrogen) atoms. The topological polar surface area (TPSA) is 17.8 Å². The van der Waals surface area contributed by atoms with Crippen molar-refractivity contribution in [2.24, 2.45) is 0 Å². The highest BCUT2D eigenvalue weighted by Crippen LogP contribution is 2.12. The second kappa shape index (κ2) is 4.35. The molecule has 78 valence electrons. The van der Waals surface area contributed by atoms with Crippen molar-refractivity contribution in [1.82, 2.24) is 9.78 Å². The van der Waals surface area contributed by atoms with Crippen LogP contribution in [0.15, 0.2) is 30.6 Å². The van der Waals surface area contributed by atoms with Gasteiger partial charge in [-0.25, -0.2) is 0 Å². The number of aryl methyl sites for hydroxylation is 2. The van der Waals surface area contributed by atoms with Crippen molar-refractivity contribution in [3.63, 3.8) is 0 Å².